The third-order valence-electron chi connectivity index (χ3n) is 7.42. The molecule has 3 N–H and O–H groups in total. The fraction of sp³-hybridized carbons (Fsp3) is 0.321. The van der Waals surface area contributed by atoms with Gasteiger partial charge in [-0.3, -0.25) is 0 Å². The van der Waals surface area contributed by atoms with Crippen LogP contribution in [0.4, 0.5) is 10.7 Å². The van der Waals surface area contributed by atoms with Crippen LogP contribution in [0.5, 0.6) is 5.88 Å². The number of furan rings is 1. The predicted octanol–water partition coefficient (Wildman–Crippen LogP) is 4.62. The molecule has 2 aromatic carbocycles. The van der Waals surface area contributed by atoms with Crippen LogP contribution in [-0.4, -0.2) is 54.5 Å². The van der Waals surface area contributed by atoms with Crippen LogP contribution in [-0.2, 0) is 5.54 Å². The number of methoxy groups -OCH3 is 1. The van der Waals surface area contributed by atoms with Gasteiger partial charge in [0.15, 0.2) is 0 Å². The van der Waals surface area contributed by atoms with E-state index in [2.05, 4.69) is 15.5 Å². The van der Waals surface area contributed by atoms with Gasteiger partial charge in [0, 0.05) is 37.3 Å². The van der Waals surface area contributed by atoms with Crippen molar-refractivity contribution in [3.05, 3.63) is 60.2 Å². The molecule has 190 valence electrons. The Bertz CT molecular complexity index is 1420. The molecule has 0 atom stereocenters. The van der Waals surface area contributed by atoms with Crippen molar-refractivity contribution in [2.75, 3.05) is 38.2 Å². The minimum atomic E-state index is -1.00. The summed E-state index contributed by atoms with van der Waals surface area (Å²) in [6, 6.07) is 18.0. The molecule has 0 unspecified atom stereocenters. The minimum absolute atomic E-state index is 0.473. The highest BCUT2D eigenvalue weighted by molar-refractivity contribution is 6.03. The molecule has 37 heavy (non-hydrogen) atoms. The first kappa shape index (κ1) is 23.3. The van der Waals surface area contributed by atoms with Gasteiger partial charge in [-0.1, -0.05) is 54.6 Å². The number of carbonyl (C=O) groups is 1. The van der Waals surface area contributed by atoms with Gasteiger partial charge in [-0.15, -0.1) is 0 Å². The van der Waals surface area contributed by atoms with E-state index in [-0.39, 0.29) is 0 Å². The molecule has 3 heterocycles. The van der Waals surface area contributed by atoms with Crippen molar-refractivity contribution in [2.45, 2.75) is 24.8 Å². The molecule has 0 bridgehead atoms. The highest BCUT2D eigenvalue weighted by Gasteiger charge is 2.40. The Morgan fingerprint density at radius 1 is 1.05 bits per heavy atom. The van der Waals surface area contributed by atoms with E-state index in [1.165, 1.54) is 0 Å². The molecule has 9 heteroatoms. The number of amides is 1. The Morgan fingerprint density at radius 2 is 1.78 bits per heavy atom. The molecule has 0 spiro atoms. The monoisotopic (exact) mass is 499 g/mol. The molecule has 0 radical (unpaired) electrons. The second-order valence-electron chi connectivity index (χ2n) is 9.57. The molecule has 2 fully saturated rings. The molecule has 1 amide bonds. The molecule has 1 saturated heterocycles. The fourth-order valence-electron chi connectivity index (χ4n) is 5.36. The predicted molar refractivity (Wildman–Crippen MR) is 141 cm³/mol. The highest BCUT2D eigenvalue weighted by atomic mass is 16.5. The Kier molecular flexibility index (Phi) is 5.92. The Morgan fingerprint density at radius 3 is 2.41 bits per heavy atom. The number of hydrogen-bond acceptors (Lipinski definition) is 7. The average Bonchev–Trinajstić information content (AvgIpc) is 3.31. The lowest BCUT2D eigenvalue weighted by molar-refractivity contribution is 0.144. The summed E-state index contributed by atoms with van der Waals surface area (Å²) in [6.45, 7) is 3.35. The molecular formula is C28H29N5O4. The Hall–Kier alpha value is -4.11. The van der Waals surface area contributed by atoms with Crippen LogP contribution in [0.25, 0.3) is 33.6 Å². The fourth-order valence-corrected chi connectivity index (χ4v) is 5.36. The van der Waals surface area contributed by atoms with Crippen molar-refractivity contribution in [2.24, 2.45) is 0 Å². The van der Waals surface area contributed by atoms with E-state index in [0.29, 0.717) is 23.3 Å². The van der Waals surface area contributed by atoms with E-state index in [4.69, 9.17) is 19.1 Å². The maximum Gasteiger partial charge on any atom is 0.405 e. The van der Waals surface area contributed by atoms with Crippen molar-refractivity contribution in [3.63, 3.8) is 0 Å². The number of rotatable bonds is 6. The minimum Gasteiger partial charge on any atom is -0.480 e. The smallest absolute Gasteiger partial charge is 0.405 e. The number of benzene rings is 2. The van der Waals surface area contributed by atoms with Gasteiger partial charge in [0.2, 0.25) is 17.5 Å². The van der Waals surface area contributed by atoms with Crippen molar-refractivity contribution in [1.29, 1.82) is 0 Å². The van der Waals surface area contributed by atoms with Crippen LogP contribution < -0.4 is 20.3 Å². The molecule has 6 rings (SSSR count). The van der Waals surface area contributed by atoms with Crippen molar-refractivity contribution >= 4 is 23.1 Å². The summed E-state index contributed by atoms with van der Waals surface area (Å²) in [6.07, 6.45) is 1.58. The number of nitrogens with zero attached hydrogens (tertiary/aromatic N) is 3. The van der Waals surface area contributed by atoms with Gasteiger partial charge >= 0.3 is 6.09 Å². The Balaban J connectivity index is 1.49. The van der Waals surface area contributed by atoms with E-state index >= 15 is 0 Å². The SMILES string of the molecule is COc1nc(N2CCNCC2)nc2oc(-c3ccc(C4(NC(=O)O)CCC4)cc3)c(-c3ccccc3)c12. The van der Waals surface area contributed by atoms with Gasteiger partial charge < -0.3 is 29.8 Å². The molecule has 9 nitrogen and oxygen atoms in total. The van der Waals surface area contributed by atoms with Crippen molar-refractivity contribution < 1.29 is 19.1 Å². The zero-order valence-corrected chi connectivity index (χ0v) is 20.7. The first-order chi connectivity index (χ1) is 18.1. The van der Waals surface area contributed by atoms with Crippen molar-refractivity contribution in [3.8, 4) is 28.3 Å². The lowest BCUT2D eigenvalue weighted by Gasteiger charge is -2.42. The molecule has 2 aliphatic rings. The van der Waals surface area contributed by atoms with Gasteiger partial charge in [-0.05, 0) is 30.4 Å². The lowest BCUT2D eigenvalue weighted by Crippen LogP contribution is -2.50. The highest BCUT2D eigenvalue weighted by Crippen LogP contribution is 2.46. The topological polar surface area (TPSA) is 113 Å². The summed E-state index contributed by atoms with van der Waals surface area (Å²) >= 11 is 0. The zero-order valence-electron chi connectivity index (χ0n) is 20.7. The Labute approximate surface area is 214 Å². The molecule has 1 saturated carbocycles. The number of hydrogen-bond donors (Lipinski definition) is 3. The number of nitrogens with one attached hydrogen (secondary N) is 2. The number of piperazine rings is 1. The maximum absolute atomic E-state index is 11.4. The summed E-state index contributed by atoms with van der Waals surface area (Å²) in [5.41, 5.74) is 3.63. The summed E-state index contributed by atoms with van der Waals surface area (Å²) in [5, 5.41) is 16.2. The number of anilines is 1. The number of carboxylic acid groups (broad SMARTS) is 1. The first-order valence-corrected chi connectivity index (χ1v) is 12.6. The number of ether oxygens (including phenoxy) is 1. The number of fused-ring (bicyclic) bond motifs is 1. The number of aromatic nitrogens is 2. The van der Waals surface area contributed by atoms with E-state index in [9.17, 15) is 9.90 Å². The van der Waals surface area contributed by atoms with E-state index in [0.717, 1.165) is 73.1 Å². The normalized spacial score (nSPS) is 16.8. The largest absolute Gasteiger partial charge is 0.480 e. The summed E-state index contributed by atoms with van der Waals surface area (Å²) in [4.78, 5) is 23.1. The molecular weight excluding hydrogens is 470 g/mol. The third kappa shape index (κ3) is 4.15. The molecule has 4 aromatic rings. The third-order valence-corrected chi connectivity index (χ3v) is 7.42. The van der Waals surface area contributed by atoms with E-state index in [1.54, 1.807) is 7.11 Å². The second kappa shape index (κ2) is 9.40. The van der Waals surface area contributed by atoms with Gasteiger partial charge in [0.05, 0.1) is 12.6 Å². The molecule has 2 aromatic heterocycles. The molecule has 1 aliphatic heterocycles. The maximum atomic E-state index is 11.4. The summed E-state index contributed by atoms with van der Waals surface area (Å²) < 4.78 is 12.2. The van der Waals surface area contributed by atoms with Crippen LogP contribution in [0.1, 0.15) is 24.8 Å². The van der Waals surface area contributed by atoms with Crippen LogP contribution >= 0.6 is 0 Å². The van der Waals surface area contributed by atoms with Crippen molar-refractivity contribution in [1.82, 2.24) is 20.6 Å². The summed E-state index contributed by atoms with van der Waals surface area (Å²) in [7, 11) is 1.62. The first-order valence-electron chi connectivity index (χ1n) is 12.6. The van der Waals surface area contributed by atoms with Crippen LogP contribution in [0.15, 0.2) is 59.0 Å². The van der Waals surface area contributed by atoms with Crippen LogP contribution in [0.3, 0.4) is 0 Å². The van der Waals surface area contributed by atoms with Crippen LogP contribution in [0, 0.1) is 0 Å². The molecule has 1 aliphatic carbocycles. The van der Waals surface area contributed by atoms with Crippen LogP contribution in [0.2, 0.25) is 0 Å². The zero-order chi connectivity index (χ0) is 25.4. The van der Waals surface area contributed by atoms with Gasteiger partial charge in [0.1, 0.15) is 11.1 Å². The lowest BCUT2D eigenvalue weighted by atomic mass is 9.72. The standard InChI is InChI=1S/C28H29N5O4/c1-36-24-22-21(18-6-3-2-4-7-18)23(37-25(22)31-26(30-24)33-16-14-29-15-17-33)19-8-10-20(11-9-19)28(12-5-13-28)32-27(34)35/h2-4,6-11,29,32H,5,12-17H2,1H3,(H,34,35). The quantitative estimate of drug-likeness (QED) is 0.352. The average molecular weight is 500 g/mol. The van der Waals surface area contributed by atoms with E-state index < -0.39 is 11.6 Å². The van der Waals surface area contributed by atoms with Gasteiger partial charge in [0.25, 0.3) is 0 Å². The van der Waals surface area contributed by atoms with E-state index in [1.807, 2.05) is 54.6 Å². The summed E-state index contributed by atoms with van der Waals surface area (Å²) in [5.74, 6) is 1.74. The second-order valence-corrected chi connectivity index (χ2v) is 9.57. The van der Waals surface area contributed by atoms with Gasteiger partial charge in [-0.25, -0.2) is 4.79 Å². The van der Waals surface area contributed by atoms with Gasteiger partial charge in [-0.2, -0.15) is 9.97 Å².